The summed E-state index contributed by atoms with van der Waals surface area (Å²) in [6.07, 6.45) is 0.345. The van der Waals surface area contributed by atoms with Crippen LogP contribution < -0.4 is 0 Å². The largest absolute Gasteiger partial charge is 0.445 e. The van der Waals surface area contributed by atoms with Crippen molar-refractivity contribution in [3.8, 4) is 0 Å². The van der Waals surface area contributed by atoms with Crippen molar-refractivity contribution in [2.45, 2.75) is 45.8 Å². The molecule has 0 saturated carbocycles. The fraction of sp³-hybridized carbons (Fsp3) is 0.545. The van der Waals surface area contributed by atoms with E-state index in [0.717, 1.165) is 11.3 Å². The first-order valence-corrected chi connectivity index (χ1v) is 10.5. The molecule has 2 saturated heterocycles. The number of piperidine rings is 1. The Hall–Kier alpha value is -3.10. The van der Waals surface area contributed by atoms with Crippen molar-refractivity contribution in [1.29, 1.82) is 0 Å². The molecule has 3 amide bonds. The topological polar surface area (TPSA) is 91.8 Å². The summed E-state index contributed by atoms with van der Waals surface area (Å²) in [6.45, 7) is 7.32. The van der Waals surface area contributed by atoms with Gasteiger partial charge >= 0.3 is 12.2 Å². The second-order valence-corrected chi connectivity index (χ2v) is 8.61. The van der Waals surface area contributed by atoms with E-state index in [1.807, 2.05) is 51.1 Å². The van der Waals surface area contributed by atoms with Crippen molar-refractivity contribution >= 4 is 23.8 Å². The standard InChI is InChI=1S/C22H30N4O5/c1-22(2,3)31-21(29)24-11-9-18(10-12-24)23-26-14-13-25(15-19(26)27)20(28)30-16-17-7-5-4-6-8-17/h4-8H,9-16H2,1-3H3. The van der Waals surface area contributed by atoms with E-state index in [2.05, 4.69) is 5.10 Å². The van der Waals surface area contributed by atoms with Crippen LogP contribution in [0.15, 0.2) is 35.4 Å². The van der Waals surface area contributed by atoms with Crippen LogP contribution >= 0.6 is 0 Å². The van der Waals surface area contributed by atoms with Gasteiger partial charge in [0.1, 0.15) is 18.8 Å². The smallest absolute Gasteiger partial charge is 0.410 e. The summed E-state index contributed by atoms with van der Waals surface area (Å²) in [7, 11) is 0. The molecule has 0 spiro atoms. The Kier molecular flexibility index (Phi) is 7.14. The molecule has 31 heavy (non-hydrogen) atoms. The molecule has 1 aromatic carbocycles. The zero-order valence-corrected chi connectivity index (χ0v) is 18.4. The second-order valence-electron chi connectivity index (χ2n) is 8.61. The zero-order chi connectivity index (χ0) is 22.4. The number of hydrogen-bond acceptors (Lipinski definition) is 6. The third kappa shape index (κ3) is 6.70. The molecule has 2 aliphatic heterocycles. The number of likely N-dealkylation sites (tertiary alicyclic amines) is 1. The van der Waals surface area contributed by atoms with Crippen LogP contribution in [0.3, 0.4) is 0 Å². The Morgan fingerprint density at radius 3 is 2.26 bits per heavy atom. The van der Waals surface area contributed by atoms with Gasteiger partial charge in [0.25, 0.3) is 5.91 Å². The molecule has 0 aromatic heterocycles. The van der Waals surface area contributed by atoms with Crippen molar-refractivity contribution in [2.24, 2.45) is 5.10 Å². The molecule has 2 fully saturated rings. The molecule has 0 aliphatic carbocycles. The number of hydrogen-bond donors (Lipinski definition) is 0. The van der Waals surface area contributed by atoms with E-state index in [1.165, 1.54) is 9.91 Å². The van der Waals surface area contributed by atoms with Gasteiger partial charge in [0.2, 0.25) is 0 Å². The molecule has 9 heteroatoms. The van der Waals surface area contributed by atoms with Crippen LogP contribution in [0.25, 0.3) is 0 Å². The van der Waals surface area contributed by atoms with E-state index in [9.17, 15) is 14.4 Å². The van der Waals surface area contributed by atoms with E-state index in [4.69, 9.17) is 9.47 Å². The minimum Gasteiger partial charge on any atom is -0.445 e. The van der Waals surface area contributed by atoms with Gasteiger partial charge in [-0.2, -0.15) is 5.10 Å². The van der Waals surface area contributed by atoms with Gasteiger partial charge in [0, 0.05) is 38.2 Å². The number of piperazine rings is 1. The number of benzene rings is 1. The highest BCUT2D eigenvalue weighted by Gasteiger charge is 2.30. The molecule has 168 valence electrons. The van der Waals surface area contributed by atoms with Gasteiger partial charge in [0.15, 0.2) is 0 Å². The van der Waals surface area contributed by atoms with Crippen LogP contribution in [0, 0.1) is 0 Å². The molecule has 2 aliphatic rings. The summed E-state index contributed by atoms with van der Waals surface area (Å²) < 4.78 is 10.7. The van der Waals surface area contributed by atoms with Gasteiger partial charge in [-0.1, -0.05) is 30.3 Å². The third-order valence-electron chi connectivity index (χ3n) is 4.91. The number of carbonyl (C=O) groups is 3. The highest BCUT2D eigenvalue weighted by molar-refractivity contribution is 5.89. The molecule has 0 bridgehead atoms. The Bertz CT molecular complexity index is 824. The van der Waals surface area contributed by atoms with E-state index in [1.54, 1.807) is 4.90 Å². The molecule has 2 heterocycles. The summed E-state index contributed by atoms with van der Waals surface area (Å²) in [5.74, 6) is -0.245. The quantitative estimate of drug-likeness (QED) is 0.735. The predicted octanol–water partition coefficient (Wildman–Crippen LogP) is 2.85. The van der Waals surface area contributed by atoms with Gasteiger partial charge in [-0.25, -0.2) is 14.6 Å². The van der Waals surface area contributed by atoms with Gasteiger partial charge in [0.05, 0.1) is 6.54 Å². The Labute approximate surface area is 182 Å². The van der Waals surface area contributed by atoms with Gasteiger partial charge < -0.3 is 14.4 Å². The summed E-state index contributed by atoms with van der Waals surface area (Å²) in [6, 6.07) is 9.40. The maximum Gasteiger partial charge on any atom is 0.410 e. The predicted molar refractivity (Wildman–Crippen MR) is 114 cm³/mol. The van der Waals surface area contributed by atoms with Gasteiger partial charge in [-0.15, -0.1) is 0 Å². The molecular weight excluding hydrogens is 400 g/mol. The van der Waals surface area contributed by atoms with Crippen molar-refractivity contribution in [3.05, 3.63) is 35.9 Å². The maximum absolute atomic E-state index is 12.5. The summed E-state index contributed by atoms with van der Waals surface area (Å²) in [5.41, 5.74) is 1.23. The number of nitrogens with zero attached hydrogens (tertiary/aromatic N) is 4. The SMILES string of the molecule is CC(C)(C)OC(=O)N1CCC(=NN2CCN(C(=O)OCc3ccccc3)CC2=O)CC1. The molecule has 0 N–H and O–H groups in total. The van der Waals surface area contributed by atoms with Crippen molar-refractivity contribution < 1.29 is 23.9 Å². The lowest BCUT2D eigenvalue weighted by atomic mass is 10.1. The molecule has 3 rings (SSSR count). The second kappa shape index (κ2) is 9.80. The van der Waals surface area contributed by atoms with E-state index < -0.39 is 11.7 Å². The number of rotatable bonds is 3. The first-order valence-electron chi connectivity index (χ1n) is 10.5. The zero-order valence-electron chi connectivity index (χ0n) is 18.4. The molecule has 0 atom stereocenters. The number of carbonyl (C=O) groups excluding carboxylic acids is 3. The van der Waals surface area contributed by atoms with Crippen LogP contribution in [-0.4, -0.2) is 76.9 Å². The number of ether oxygens (including phenoxy) is 2. The average molecular weight is 431 g/mol. The van der Waals surface area contributed by atoms with Crippen LogP contribution in [0.1, 0.15) is 39.2 Å². The average Bonchev–Trinajstić information content (AvgIpc) is 2.73. The molecule has 1 aromatic rings. The normalized spacial score (nSPS) is 17.5. The fourth-order valence-corrected chi connectivity index (χ4v) is 3.28. The van der Waals surface area contributed by atoms with Crippen molar-refractivity contribution in [2.75, 3.05) is 32.7 Å². The Morgan fingerprint density at radius 1 is 0.968 bits per heavy atom. The molecule has 0 radical (unpaired) electrons. The van der Waals surface area contributed by atoms with E-state index in [-0.39, 0.29) is 25.2 Å². The first-order chi connectivity index (χ1) is 14.7. The molecule has 9 nitrogen and oxygen atoms in total. The monoisotopic (exact) mass is 430 g/mol. The summed E-state index contributed by atoms with van der Waals surface area (Å²) in [5, 5.41) is 5.89. The minimum atomic E-state index is -0.528. The Morgan fingerprint density at radius 2 is 1.65 bits per heavy atom. The molecular formula is C22H30N4O5. The van der Waals surface area contributed by atoms with Crippen molar-refractivity contribution in [1.82, 2.24) is 14.8 Å². The number of hydrazone groups is 1. The highest BCUT2D eigenvalue weighted by atomic mass is 16.6. The first kappa shape index (κ1) is 22.6. The summed E-state index contributed by atoms with van der Waals surface area (Å²) in [4.78, 5) is 39.9. The van der Waals surface area contributed by atoms with Crippen LogP contribution in [0.5, 0.6) is 0 Å². The minimum absolute atomic E-state index is 0.0611. The number of amides is 3. The lowest BCUT2D eigenvalue weighted by molar-refractivity contribution is -0.135. The highest BCUT2D eigenvalue weighted by Crippen LogP contribution is 2.15. The van der Waals surface area contributed by atoms with Crippen LogP contribution in [0.4, 0.5) is 9.59 Å². The third-order valence-corrected chi connectivity index (χ3v) is 4.91. The Balaban J connectivity index is 1.45. The lowest BCUT2D eigenvalue weighted by Gasteiger charge is -2.33. The van der Waals surface area contributed by atoms with Gasteiger partial charge in [-0.05, 0) is 26.3 Å². The van der Waals surface area contributed by atoms with Crippen molar-refractivity contribution in [3.63, 3.8) is 0 Å². The van der Waals surface area contributed by atoms with E-state index in [0.29, 0.717) is 39.0 Å². The lowest BCUT2D eigenvalue weighted by Crippen LogP contribution is -2.51. The molecule has 0 unspecified atom stereocenters. The maximum atomic E-state index is 12.5. The fourth-order valence-electron chi connectivity index (χ4n) is 3.28. The van der Waals surface area contributed by atoms with Gasteiger partial charge in [-0.3, -0.25) is 9.69 Å². The summed E-state index contributed by atoms with van der Waals surface area (Å²) >= 11 is 0. The van der Waals surface area contributed by atoms with E-state index >= 15 is 0 Å². The van der Waals surface area contributed by atoms with Crippen LogP contribution in [0.2, 0.25) is 0 Å². The van der Waals surface area contributed by atoms with Crippen LogP contribution in [-0.2, 0) is 20.9 Å².